The lowest BCUT2D eigenvalue weighted by atomic mass is 9.86. The van der Waals surface area contributed by atoms with Gasteiger partial charge in [-0.15, -0.1) is 0 Å². The van der Waals surface area contributed by atoms with Gasteiger partial charge in [-0.2, -0.15) is 0 Å². The second-order valence-corrected chi connectivity index (χ2v) is 5.89. The molecule has 3 nitrogen and oxygen atoms in total. The summed E-state index contributed by atoms with van der Waals surface area (Å²) in [5.41, 5.74) is -0.00775. The van der Waals surface area contributed by atoms with Crippen LogP contribution >= 0.6 is 0 Å². The Morgan fingerprint density at radius 2 is 2.05 bits per heavy atom. The van der Waals surface area contributed by atoms with Gasteiger partial charge >= 0.3 is 5.97 Å². The van der Waals surface area contributed by atoms with E-state index in [1.54, 1.807) is 0 Å². The molecule has 1 N–H and O–H groups in total. The Hall–Kier alpha value is -0.570. The van der Waals surface area contributed by atoms with E-state index in [0.29, 0.717) is 13.0 Å². The molecule has 112 valence electrons. The maximum absolute atomic E-state index is 11.9. The molecule has 1 rings (SSSR count). The summed E-state index contributed by atoms with van der Waals surface area (Å²) in [7, 11) is 0. The van der Waals surface area contributed by atoms with Gasteiger partial charge in [0.2, 0.25) is 0 Å². The van der Waals surface area contributed by atoms with E-state index < -0.39 is 0 Å². The van der Waals surface area contributed by atoms with Crippen LogP contribution in [0.15, 0.2) is 0 Å². The quantitative estimate of drug-likeness (QED) is 0.566. The number of ether oxygens (including phenoxy) is 1. The Morgan fingerprint density at radius 1 is 1.26 bits per heavy atom. The van der Waals surface area contributed by atoms with Gasteiger partial charge in [0.15, 0.2) is 0 Å². The van der Waals surface area contributed by atoms with Crippen LogP contribution in [0.2, 0.25) is 0 Å². The molecule has 3 heteroatoms. The van der Waals surface area contributed by atoms with E-state index in [9.17, 15) is 4.79 Å². The lowest BCUT2D eigenvalue weighted by Gasteiger charge is -2.33. The van der Waals surface area contributed by atoms with Gasteiger partial charge < -0.3 is 10.1 Å². The van der Waals surface area contributed by atoms with E-state index in [0.717, 1.165) is 31.7 Å². The third kappa shape index (κ3) is 5.52. The smallest absolute Gasteiger partial charge is 0.307 e. The fraction of sp³-hybridized carbons (Fsp3) is 0.938. The molecule has 0 heterocycles. The van der Waals surface area contributed by atoms with Crippen LogP contribution in [0.3, 0.4) is 0 Å². The number of rotatable bonds is 7. The average molecular weight is 269 g/mol. The third-order valence-corrected chi connectivity index (χ3v) is 4.41. The van der Waals surface area contributed by atoms with Crippen LogP contribution in [-0.2, 0) is 9.53 Å². The van der Waals surface area contributed by atoms with Crippen LogP contribution in [0.4, 0.5) is 0 Å². The average Bonchev–Trinajstić information content (AvgIpc) is 2.59. The van der Waals surface area contributed by atoms with Crippen LogP contribution in [0, 0.1) is 5.92 Å². The second-order valence-electron chi connectivity index (χ2n) is 5.89. The van der Waals surface area contributed by atoms with Crippen LogP contribution < -0.4 is 5.32 Å². The van der Waals surface area contributed by atoms with Crippen LogP contribution in [0.1, 0.15) is 72.1 Å². The number of nitrogens with one attached hydrogen (secondary N) is 1. The van der Waals surface area contributed by atoms with Crippen LogP contribution in [-0.4, -0.2) is 24.7 Å². The first-order valence-electron chi connectivity index (χ1n) is 8.06. The summed E-state index contributed by atoms with van der Waals surface area (Å²) in [5, 5.41) is 3.66. The third-order valence-electron chi connectivity index (χ3n) is 4.41. The topological polar surface area (TPSA) is 38.3 Å². The van der Waals surface area contributed by atoms with Crippen molar-refractivity contribution in [2.45, 2.75) is 77.7 Å². The maximum atomic E-state index is 11.9. The van der Waals surface area contributed by atoms with Crippen molar-refractivity contribution in [2.75, 3.05) is 13.2 Å². The molecular weight excluding hydrogens is 238 g/mol. The molecule has 0 aliphatic heterocycles. The second kappa shape index (κ2) is 8.57. The van der Waals surface area contributed by atoms with Gasteiger partial charge in [0, 0.05) is 5.54 Å². The first-order chi connectivity index (χ1) is 9.15. The summed E-state index contributed by atoms with van der Waals surface area (Å²) < 4.78 is 5.16. The monoisotopic (exact) mass is 269 g/mol. The molecule has 1 aliphatic carbocycles. The first kappa shape index (κ1) is 16.5. The predicted octanol–water partition coefficient (Wildman–Crippen LogP) is 3.67. The summed E-state index contributed by atoms with van der Waals surface area (Å²) in [6.07, 6.45) is 8.94. The van der Waals surface area contributed by atoms with E-state index >= 15 is 0 Å². The number of carbonyl (C=O) groups is 1. The minimum absolute atomic E-state index is 0.00775. The van der Waals surface area contributed by atoms with Gasteiger partial charge in [0.25, 0.3) is 0 Å². The van der Waals surface area contributed by atoms with Crippen molar-refractivity contribution in [3.8, 4) is 0 Å². The van der Waals surface area contributed by atoms with Crippen molar-refractivity contribution in [1.82, 2.24) is 5.32 Å². The van der Waals surface area contributed by atoms with Gasteiger partial charge in [-0.1, -0.05) is 33.1 Å². The van der Waals surface area contributed by atoms with E-state index in [1.165, 1.54) is 25.7 Å². The van der Waals surface area contributed by atoms with E-state index in [-0.39, 0.29) is 11.5 Å². The van der Waals surface area contributed by atoms with Crippen molar-refractivity contribution >= 4 is 5.97 Å². The minimum atomic E-state index is -0.0407. The van der Waals surface area contributed by atoms with Crippen molar-refractivity contribution in [2.24, 2.45) is 5.92 Å². The van der Waals surface area contributed by atoms with Crippen molar-refractivity contribution in [1.29, 1.82) is 0 Å². The zero-order valence-electron chi connectivity index (χ0n) is 13.0. The highest BCUT2D eigenvalue weighted by atomic mass is 16.5. The van der Waals surface area contributed by atoms with Gasteiger partial charge in [-0.25, -0.2) is 0 Å². The summed E-state index contributed by atoms with van der Waals surface area (Å²) in [4.78, 5) is 11.9. The molecule has 0 aromatic heterocycles. The fourth-order valence-electron chi connectivity index (χ4n) is 3.18. The Kier molecular flexibility index (Phi) is 7.44. The molecule has 1 fully saturated rings. The zero-order valence-corrected chi connectivity index (χ0v) is 13.0. The maximum Gasteiger partial charge on any atom is 0.307 e. The highest BCUT2D eigenvalue weighted by Crippen LogP contribution is 2.34. The minimum Gasteiger partial charge on any atom is -0.466 e. The van der Waals surface area contributed by atoms with Gasteiger partial charge in [-0.05, 0) is 45.1 Å². The Morgan fingerprint density at radius 3 is 2.68 bits per heavy atom. The Balaban J connectivity index is 2.65. The number of carbonyl (C=O) groups excluding carboxylic acids is 1. The number of hydrogen-bond donors (Lipinski definition) is 1. The molecule has 0 radical (unpaired) electrons. The summed E-state index contributed by atoms with van der Waals surface area (Å²) in [6.45, 7) is 7.82. The fourth-order valence-corrected chi connectivity index (χ4v) is 3.18. The first-order valence-corrected chi connectivity index (χ1v) is 8.06. The van der Waals surface area contributed by atoms with Crippen LogP contribution in [0.5, 0.6) is 0 Å². The molecule has 0 saturated heterocycles. The molecule has 0 amide bonds. The van der Waals surface area contributed by atoms with E-state index in [4.69, 9.17) is 4.74 Å². The van der Waals surface area contributed by atoms with Crippen molar-refractivity contribution in [3.63, 3.8) is 0 Å². The number of esters is 1. The highest BCUT2D eigenvalue weighted by Gasteiger charge is 2.34. The molecular formula is C16H31NO2. The normalized spacial score (nSPS) is 27.8. The molecule has 0 aromatic rings. The number of hydrogen-bond acceptors (Lipinski definition) is 3. The predicted molar refractivity (Wildman–Crippen MR) is 79.1 cm³/mol. The molecule has 2 unspecified atom stereocenters. The van der Waals surface area contributed by atoms with Crippen molar-refractivity contribution < 1.29 is 9.53 Å². The molecule has 19 heavy (non-hydrogen) atoms. The molecule has 0 spiro atoms. The van der Waals surface area contributed by atoms with Gasteiger partial charge in [0.1, 0.15) is 0 Å². The van der Waals surface area contributed by atoms with E-state index in [1.807, 2.05) is 6.92 Å². The standard InChI is InChI=1S/C16H31NO2/c1-4-12-17-16(13-15(18)19-6-3)10-7-8-14(5-2)9-11-16/h14,17H,4-13H2,1-3H3. The summed E-state index contributed by atoms with van der Waals surface area (Å²) in [6, 6.07) is 0. The molecule has 0 aromatic carbocycles. The Labute approximate surface area is 118 Å². The van der Waals surface area contributed by atoms with Gasteiger partial charge in [-0.3, -0.25) is 4.79 Å². The summed E-state index contributed by atoms with van der Waals surface area (Å²) in [5.74, 6) is 0.800. The molecule has 0 bridgehead atoms. The van der Waals surface area contributed by atoms with Crippen molar-refractivity contribution in [3.05, 3.63) is 0 Å². The molecule has 2 atom stereocenters. The zero-order chi connectivity index (χ0) is 14.1. The summed E-state index contributed by atoms with van der Waals surface area (Å²) >= 11 is 0. The molecule has 1 saturated carbocycles. The lowest BCUT2D eigenvalue weighted by molar-refractivity contribution is -0.145. The molecule has 1 aliphatic rings. The lowest BCUT2D eigenvalue weighted by Crippen LogP contribution is -2.47. The van der Waals surface area contributed by atoms with E-state index in [2.05, 4.69) is 19.2 Å². The largest absolute Gasteiger partial charge is 0.466 e. The van der Waals surface area contributed by atoms with Gasteiger partial charge in [0.05, 0.1) is 13.0 Å². The SMILES string of the molecule is CCCNC1(CC(=O)OCC)CCCC(CC)CC1. The highest BCUT2D eigenvalue weighted by molar-refractivity contribution is 5.70. The van der Waals surface area contributed by atoms with Crippen LogP contribution in [0.25, 0.3) is 0 Å². The Bertz CT molecular complexity index is 267.